The quantitative estimate of drug-likeness (QED) is 0.594. The first kappa shape index (κ1) is 19.5. The maximum atomic E-state index is 12.5. The van der Waals surface area contributed by atoms with E-state index >= 15 is 0 Å². The summed E-state index contributed by atoms with van der Waals surface area (Å²) in [5.41, 5.74) is 1.39. The lowest BCUT2D eigenvalue weighted by Gasteiger charge is -2.20. The van der Waals surface area contributed by atoms with Gasteiger partial charge in [-0.15, -0.1) is 0 Å². The molecule has 0 fully saturated rings. The molecule has 2 aromatic carbocycles. The summed E-state index contributed by atoms with van der Waals surface area (Å²) in [6.45, 7) is 0.941. The molecule has 0 atom stereocenters. The van der Waals surface area contributed by atoms with Crippen LogP contribution in [-0.2, 0) is 4.79 Å². The van der Waals surface area contributed by atoms with Crippen LogP contribution in [-0.4, -0.2) is 41.5 Å². The molecule has 0 aliphatic carbocycles. The average Bonchev–Trinajstić information content (AvgIpc) is 3.21. The first-order valence-corrected chi connectivity index (χ1v) is 10.2. The number of thioether (sulfide) groups is 1. The first-order chi connectivity index (χ1) is 14.1. The standard InChI is InChI=1S/C20H18ClN3O4S/c1-26-14-4-2-3-13(9-14)24-6-5-22-20(24)29-12-19(25)23-16-11-18-17(10-15(16)21)27-7-8-28-18/h2-6,9-11H,7-8,12H2,1H3,(H,23,25). The van der Waals surface area contributed by atoms with Crippen LogP contribution in [0.1, 0.15) is 0 Å². The summed E-state index contributed by atoms with van der Waals surface area (Å²) in [5, 5.41) is 3.91. The van der Waals surface area contributed by atoms with Crippen LogP contribution in [0.25, 0.3) is 5.69 Å². The van der Waals surface area contributed by atoms with Gasteiger partial charge in [0, 0.05) is 30.6 Å². The zero-order chi connectivity index (χ0) is 20.2. The molecule has 7 nitrogen and oxygen atoms in total. The summed E-state index contributed by atoms with van der Waals surface area (Å²) < 4.78 is 18.2. The normalized spacial score (nSPS) is 12.5. The molecule has 1 aliphatic heterocycles. The largest absolute Gasteiger partial charge is 0.497 e. The fraction of sp³-hybridized carbons (Fsp3) is 0.200. The molecular formula is C20H18ClN3O4S. The number of hydrogen-bond acceptors (Lipinski definition) is 6. The van der Waals surface area contributed by atoms with E-state index in [0.717, 1.165) is 11.4 Å². The summed E-state index contributed by atoms with van der Waals surface area (Å²) in [6.07, 6.45) is 3.53. The number of halogens is 1. The Labute approximate surface area is 176 Å². The van der Waals surface area contributed by atoms with E-state index in [1.165, 1.54) is 11.8 Å². The lowest BCUT2D eigenvalue weighted by Crippen LogP contribution is -2.17. The van der Waals surface area contributed by atoms with Crippen molar-refractivity contribution in [3.63, 3.8) is 0 Å². The molecular weight excluding hydrogens is 414 g/mol. The van der Waals surface area contributed by atoms with Crippen LogP contribution in [0.15, 0.2) is 53.9 Å². The zero-order valence-corrected chi connectivity index (χ0v) is 17.1. The third kappa shape index (κ3) is 4.44. The molecule has 9 heteroatoms. The Hall–Kier alpha value is -2.84. The van der Waals surface area contributed by atoms with E-state index in [4.69, 9.17) is 25.8 Å². The van der Waals surface area contributed by atoms with E-state index in [1.54, 1.807) is 25.4 Å². The minimum atomic E-state index is -0.200. The summed E-state index contributed by atoms with van der Waals surface area (Å²) in [4.78, 5) is 16.8. The van der Waals surface area contributed by atoms with Crippen LogP contribution in [0.2, 0.25) is 5.02 Å². The highest BCUT2D eigenvalue weighted by Crippen LogP contribution is 2.38. The number of rotatable bonds is 6. The monoisotopic (exact) mass is 431 g/mol. The van der Waals surface area contributed by atoms with Crippen molar-refractivity contribution >= 4 is 35.0 Å². The van der Waals surface area contributed by atoms with Crippen molar-refractivity contribution in [1.82, 2.24) is 9.55 Å². The van der Waals surface area contributed by atoms with Crippen molar-refractivity contribution in [2.45, 2.75) is 5.16 Å². The predicted octanol–water partition coefficient (Wildman–Crippen LogP) is 4.04. The highest BCUT2D eigenvalue weighted by atomic mass is 35.5. The fourth-order valence-corrected chi connectivity index (χ4v) is 3.80. The van der Waals surface area contributed by atoms with E-state index in [-0.39, 0.29) is 11.7 Å². The van der Waals surface area contributed by atoms with E-state index in [0.29, 0.717) is 40.6 Å². The number of carbonyl (C=O) groups excluding carboxylic acids is 1. The Morgan fingerprint density at radius 3 is 2.86 bits per heavy atom. The lowest BCUT2D eigenvalue weighted by molar-refractivity contribution is -0.113. The number of nitrogens with zero attached hydrogens (tertiary/aromatic N) is 2. The smallest absolute Gasteiger partial charge is 0.234 e. The number of amides is 1. The van der Waals surface area contributed by atoms with Gasteiger partial charge in [0.15, 0.2) is 16.7 Å². The Morgan fingerprint density at radius 2 is 2.07 bits per heavy atom. The molecule has 3 aromatic rings. The Bertz CT molecular complexity index is 1040. The number of ether oxygens (including phenoxy) is 3. The van der Waals surface area contributed by atoms with Crippen LogP contribution in [0.3, 0.4) is 0 Å². The molecule has 29 heavy (non-hydrogen) atoms. The van der Waals surface area contributed by atoms with Gasteiger partial charge in [0.1, 0.15) is 19.0 Å². The molecule has 0 radical (unpaired) electrons. The van der Waals surface area contributed by atoms with Crippen LogP contribution in [0, 0.1) is 0 Å². The number of carbonyl (C=O) groups is 1. The molecule has 1 aliphatic rings. The van der Waals surface area contributed by atoms with Gasteiger partial charge in [-0.2, -0.15) is 0 Å². The Morgan fingerprint density at radius 1 is 1.28 bits per heavy atom. The van der Waals surface area contributed by atoms with Crippen molar-refractivity contribution < 1.29 is 19.0 Å². The second kappa shape index (κ2) is 8.67. The molecule has 4 rings (SSSR count). The minimum Gasteiger partial charge on any atom is -0.497 e. The molecule has 2 heterocycles. The SMILES string of the molecule is COc1cccc(-n2ccnc2SCC(=O)Nc2cc3c(cc2Cl)OCCO3)c1. The average molecular weight is 432 g/mol. The van der Waals surface area contributed by atoms with E-state index in [2.05, 4.69) is 10.3 Å². The molecule has 1 amide bonds. The van der Waals surface area contributed by atoms with E-state index in [1.807, 2.05) is 35.0 Å². The second-order valence-electron chi connectivity index (χ2n) is 6.09. The van der Waals surface area contributed by atoms with Crippen molar-refractivity contribution in [1.29, 1.82) is 0 Å². The number of benzene rings is 2. The second-order valence-corrected chi connectivity index (χ2v) is 7.44. The van der Waals surface area contributed by atoms with Crippen LogP contribution in [0.4, 0.5) is 5.69 Å². The third-order valence-electron chi connectivity index (χ3n) is 4.18. The van der Waals surface area contributed by atoms with Gasteiger partial charge >= 0.3 is 0 Å². The summed E-state index contributed by atoms with van der Waals surface area (Å²) in [5.74, 6) is 1.86. The number of nitrogens with one attached hydrogen (secondary N) is 1. The summed E-state index contributed by atoms with van der Waals surface area (Å²) in [7, 11) is 1.62. The topological polar surface area (TPSA) is 74.6 Å². The van der Waals surface area contributed by atoms with Gasteiger partial charge in [0.05, 0.1) is 29.3 Å². The number of aromatic nitrogens is 2. The summed E-state index contributed by atoms with van der Waals surface area (Å²) >= 11 is 7.58. The predicted molar refractivity (Wildman–Crippen MR) is 112 cm³/mol. The van der Waals surface area contributed by atoms with E-state index in [9.17, 15) is 4.79 Å². The fourth-order valence-electron chi connectivity index (χ4n) is 2.83. The number of methoxy groups -OCH3 is 1. The lowest BCUT2D eigenvalue weighted by atomic mass is 10.2. The van der Waals surface area contributed by atoms with Gasteiger partial charge in [0.25, 0.3) is 0 Å². The van der Waals surface area contributed by atoms with Crippen LogP contribution >= 0.6 is 23.4 Å². The molecule has 150 valence electrons. The van der Waals surface area contributed by atoms with Crippen LogP contribution < -0.4 is 19.5 Å². The van der Waals surface area contributed by atoms with Crippen LogP contribution in [0.5, 0.6) is 17.2 Å². The highest BCUT2D eigenvalue weighted by Gasteiger charge is 2.17. The van der Waals surface area contributed by atoms with E-state index < -0.39 is 0 Å². The van der Waals surface area contributed by atoms with Gasteiger partial charge in [-0.1, -0.05) is 29.4 Å². The first-order valence-electron chi connectivity index (χ1n) is 8.83. The van der Waals surface area contributed by atoms with Gasteiger partial charge < -0.3 is 19.5 Å². The maximum Gasteiger partial charge on any atom is 0.234 e. The zero-order valence-electron chi connectivity index (χ0n) is 15.6. The molecule has 0 saturated heterocycles. The number of imidazole rings is 1. The van der Waals surface area contributed by atoms with Gasteiger partial charge in [-0.3, -0.25) is 9.36 Å². The van der Waals surface area contributed by atoms with Crippen molar-refractivity contribution in [2.24, 2.45) is 0 Å². The third-order valence-corrected chi connectivity index (χ3v) is 5.46. The molecule has 0 bridgehead atoms. The molecule has 0 spiro atoms. The minimum absolute atomic E-state index is 0.172. The molecule has 0 saturated carbocycles. The highest BCUT2D eigenvalue weighted by molar-refractivity contribution is 7.99. The maximum absolute atomic E-state index is 12.5. The number of fused-ring (bicyclic) bond motifs is 1. The van der Waals surface area contributed by atoms with Crippen molar-refractivity contribution in [2.75, 3.05) is 31.4 Å². The Kier molecular flexibility index (Phi) is 5.82. The Balaban J connectivity index is 1.43. The molecule has 1 aromatic heterocycles. The number of hydrogen-bond donors (Lipinski definition) is 1. The van der Waals surface area contributed by atoms with Crippen molar-refractivity contribution in [3.8, 4) is 22.9 Å². The molecule has 0 unspecified atom stereocenters. The van der Waals surface area contributed by atoms with Crippen molar-refractivity contribution in [3.05, 3.63) is 53.8 Å². The number of anilines is 1. The molecule has 1 N–H and O–H groups in total. The van der Waals surface area contributed by atoms with Gasteiger partial charge in [-0.05, 0) is 12.1 Å². The van der Waals surface area contributed by atoms with Gasteiger partial charge in [-0.25, -0.2) is 4.98 Å². The van der Waals surface area contributed by atoms with Gasteiger partial charge in [0.2, 0.25) is 5.91 Å². The summed E-state index contributed by atoms with van der Waals surface area (Å²) in [6, 6.07) is 11.0.